The van der Waals surface area contributed by atoms with Crippen molar-refractivity contribution in [1.29, 1.82) is 0 Å². The molecule has 2 aromatic carbocycles. The van der Waals surface area contributed by atoms with Crippen LogP contribution in [0.3, 0.4) is 0 Å². The summed E-state index contributed by atoms with van der Waals surface area (Å²) in [7, 11) is 0. The Morgan fingerprint density at radius 1 is 0.844 bits per heavy atom. The van der Waals surface area contributed by atoms with Crippen molar-refractivity contribution in [2.45, 2.75) is 114 Å². The molecule has 1 unspecified atom stereocenters. The molecule has 0 saturated heterocycles. The fraction of sp³-hybridized carbons (Fsp3) is 0.562. The van der Waals surface area contributed by atoms with Gasteiger partial charge in [0, 0.05) is 0 Å². The molecule has 180 valence electrons. The van der Waals surface area contributed by atoms with E-state index < -0.39 is 0 Å². The van der Waals surface area contributed by atoms with Crippen LogP contribution in [-0.4, -0.2) is 0 Å². The average Bonchev–Trinajstić information content (AvgIpc) is 2.77. The molecule has 0 heteroatoms. The topological polar surface area (TPSA) is 0 Å². The predicted molar refractivity (Wildman–Crippen MR) is 149 cm³/mol. The highest BCUT2D eigenvalue weighted by Crippen LogP contribution is 2.33. The summed E-state index contributed by atoms with van der Waals surface area (Å²) in [5.74, 6) is 0.668. The Kier molecular flexibility index (Phi) is 15.8. The third-order valence-electron chi connectivity index (χ3n) is 5.42. The molecule has 0 aromatic heterocycles. The smallest absolute Gasteiger partial charge is 0.0160 e. The van der Waals surface area contributed by atoms with Crippen LogP contribution in [0.5, 0.6) is 0 Å². The molecule has 0 spiro atoms. The van der Waals surface area contributed by atoms with E-state index in [1.165, 1.54) is 47.1 Å². The van der Waals surface area contributed by atoms with Crippen molar-refractivity contribution in [2.75, 3.05) is 0 Å². The maximum Gasteiger partial charge on any atom is -0.0160 e. The largest absolute Gasteiger partial charge is 0.0842 e. The Morgan fingerprint density at radius 3 is 1.94 bits per heavy atom. The SMILES string of the molecule is CC.CC/C=C\c1c(C)cccc1CCc1ccc(C(CC)CC(C)(C)C)cc1.CCC. The molecule has 2 aromatic rings. The van der Waals surface area contributed by atoms with Gasteiger partial charge in [0.05, 0.1) is 0 Å². The van der Waals surface area contributed by atoms with Gasteiger partial charge in [0.2, 0.25) is 0 Å². The van der Waals surface area contributed by atoms with Crippen molar-refractivity contribution < 1.29 is 0 Å². The summed E-state index contributed by atoms with van der Waals surface area (Å²) in [6.45, 7) is 22.0. The molecule has 32 heavy (non-hydrogen) atoms. The zero-order valence-corrected chi connectivity index (χ0v) is 23.0. The van der Waals surface area contributed by atoms with Gasteiger partial charge in [0.1, 0.15) is 0 Å². The van der Waals surface area contributed by atoms with Gasteiger partial charge in [0.25, 0.3) is 0 Å². The maximum atomic E-state index is 2.36. The van der Waals surface area contributed by atoms with Crippen LogP contribution in [0, 0.1) is 12.3 Å². The first-order valence-electron chi connectivity index (χ1n) is 13.1. The van der Waals surface area contributed by atoms with Crippen LogP contribution in [0.25, 0.3) is 6.08 Å². The molecule has 0 radical (unpaired) electrons. The molecule has 0 aliphatic heterocycles. The third-order valence-corrected chi connectivity index (χ3v) is 5.42. The van der Waals surface area contributed by atoms with Gasteiger partial charge in [-0.25, -0.2) is 0 Å². The maximum absolute atomic E-state index is 2.36. The van der Waals surface area contributed by atoms with E-state index in [1.54, 1.807) is 0 Å². The molecule has 2 rings (SSSR count). The van der Waals surface area contributed by atoms with Crippen molar-refractivity contribution in [2.24, 2.45) is 5.41 Å². The summed E-state index contributed by atoms with van der Waals surface area (Å²) >= 11 is 0. The van der Waals surface area contributed by atoms with Gasteiger partial charge in [0.15, 0.2) is 0 Å². The third kappa shape index (κ3) is 11.7. The minimum atomic E-state index is 0.382. The van der Waals surface area contributed by atoms with Gasteiger partial charge >= 0.3 is 0 Å². The van der Waals surface area contributed by atoms with Crippen LogP contribution in [0.4, 0.5) is 0 Å². The molecule has 1 atom stereocenters. The minimum Gasteiger partial charge on any atom is -0.0842 e. The van der Waals surface area contributed by atoms with Crippen LogP contribution in [-0.2, 0) is 12.8 Å². The van der Waals surface area contributed by atoms with E-state index in [0.29, 0.717) is 11.3 Å². The summed E-state index contributed by atoms with van der Waals surface area (Å²) in [5, 5.41) is 0. The van der Waals surface area contributed by atoms with Crippen molar-refractivity contribution in [3.63, 3.8) is 0 Å². The van der Waals surface area contributed by atoms with Crippen LogP contribution in [0.15, 0.2) is 48.5 Å². The first kappa shape index (κ1) is 30.2. The first-order chi connectivity index (χ1) is 15.3. The monoisotopic (exact) mass is 436 g/mol. The Bertz CT molecular complexity index is 741. The quantitative estimate of drug-likeness (QED) is 0.386. The number of allylic oxidation sites excluding steroid dienone is 1. The number of rotatable bonds is 8. The molecule has 0 nitrogen and oxygen atoms in total. The highest BCUT2D eigenvalue weighted by Gasteiger charge is 2.18. The second-order valence-electron chi connectivity index (χ2n) is 9.78. The summed E-state index contributed by atoms with van der Waals surface area (Å²) in [6.07, 6.45) is 11.6. The van der Waals surface area contributed by atoms with Gasteiger partial charge in [-0.05, 0) is 78.2 Å². The lowest BCUT2D eigenvalue weighted by molar-refractivity contribution is 0.335. The summed E-state index contributed by atoms with van der Waals surface area (Å²) in [5.41, 5.74) is 7.57. The Labute approximate surface area is 201 Å². The minimum absolute atomic E-state index is 0.382. The lowest BCUT2D eigenvalue weighted by atomic mass is 9.80. The standard InChI is InChI=1S/C27H38.C3H8.C2H6/c1-7-9-13-26-21(3)11-10-12-25(26)19-16-22-14-17-24(18-15-22)23(8-2)20-27(4,5)6;1-3-2;1-2/h9-15,17-18,23H,7-8,16,19-20H2,1-6H3;3H2,1-2H3;1-2H3/b13-9-;;. The fourth-order valence-electron chi connectivity index (χ4n) is 3.91. The van der Waals surface area contributed by atoms with Crippen molar-refractivity contribution in [3.8, 4) is 0 Å². The molecule has 0 saturated carbocycles. The molecule has 0 aliphatic rings. The van der Waals surface area contributed by atoms with Gasteiger partial charge in [-0.1, -0.05) is 123 Å². The van der Waals surface area contributed by atoms with Gasteiger partial charge in [-0.2, -0.15) is 0 Å². The Hall–Kier alpha value is -1.82. The van der Waals surface area contributed by atoms with Crippen molar-refractivity contribution in [3.05, 3.63) is 76.4 Å². The normalized spacial score (nSPS) is 11.9. The van der Waals surface area contributed by atoms with Crippen molar-refractivity contribution in [1.82, 2.24) is 0 Å². The Morgan fingerprint density at radius 2 is 1.44 bits per heavy atom. The van der Waals surface area contributed by atoms with E-state index in [0.717, 1.165) is 19.3 Å². The second-order valence-corrected chi connectivity index (χ2v) is 9.78. The lowest BCUT2D eigenvalue weighted by Crippen LogP contribution is -2.11. The van der Waals surface area contributed by atoms with E-state index in [2.05, 4.69) is 110 Å². The zero-order chi connectivity index (χ0) is 24.6. The van der Waals surface area contributed by atoms with Gasteiger partial charge in [-0.15, -0.1) is 0 Å². The molecule has 0 heterocycles. The highest BCUT2D eigenvalue weighted by molar-refractivity contribution is 5.58. The Balaban J connectivity index is 0.00000177. The number of hydrogen-bond acceptors (Lipinski definition) is 0. The molecular formula is C32H52. The van der Waals surface area contributed by atoms with Crippen LogP contribution >= 0.6 is 0 Å². The lowest BCUT2D eigenvalue weighted by Gasteiger charge is -2.25. The molecule has 0 amide bonds. The zero-order valence-electron chi connectivity index (χ0n) is 23.0. The van der Waals surface area contributed by atoms with Crippen LogP contribution in [0.1, 0.15) is 122 Å². The molecule has 0 aliphatic carbocycles. The highest BCUT2D eigenvalue weighted by atomic mass is 14.2. The predicted octanol–water partition coefficient (Wildman–Crippen LogP) is 10.6. The van der Waals surface area contributed by atoms with E-state index in [4.69, 9.17) is 0 Å². The summed E-state index contributed by atoms with van der Waals surface area (Å²) in [6, 6.07) is 16.1. The average molecular weight is 437 g/mol. The van der Waals surface area contributed by atoms with E-state index >= 15 is 0 Å². The molecule has 0 N–H and O–H groups in total. The molecule has 0 fully saturated rings. The van der Waals surface area contributed by atoms with Crippen LogP contribution < -0.4 is 0 Å². The molecular weight excluding hydrogens is 384 g/mol. The van der Waals surface area contributed by atoms with E-state index in [1.807, 2.05) is 13.8 Å². The molecule has 0 bridgehead atoms. The summed E-state index contributed by atoms with van der Waals surface area (Å²) in [4.78, 5) is 0. The summed E-state index contributed by atoms with van der Waals surface area (Å²) < 4.78 is 0. The van der Waals surface area contributed by atoms with E-state index in [9.17, 15) is 0 Å². The first-order valence-corrected chi connectivity index (χ1v) is 13.1. The number of hydrogen-bond donors (Lipinski definition) is 0. The van der Waals surface area contributed by atoms with Crippen molar-refractivity contribution >= 4 is 6.08 Å². The van der Waals surface area contributed by atoms with Gasteiger partial charge in [-0.3, -0.25) is 0 Å². The van der Waals surface area contributed by atoms with Crippen LogP contribution in [0.2, 0.25) is 0 Å². The second kappa shape index (κ2) is 16.8. The fourth-order valence-corrected chi connectivity index (χ4v) is 3.91. The van der Waals surface area contributed by atoms with Gasteiger partial charge < -0.3 is 0 Å². The number of benzene rings is 2. The van der Waals surface area contributed by atoms with E-state index in [-0.39, 0.29) is 0 Å². The number of aryl methyl sites for hydroxylation is 3.